The Morgan fingerprint density at radius 3 is 2.29 bits per heavy atom. The number of esters is 1. The highest BCUT2D eigenvalue weighted by Crippen LogP contribution is 2.27. The van der Waals surface area contributed by atoms with Crippen molar-refractivity contribution in [3.05, 3.63) is 130 Å². The quantitative estimate of drug-likeness (QED) is 0.189. The van der Waals surface area contributed by atoms with Crippen molar-refractivity contribution in [3.8, 4) is 16.9 Å². The van der Waals surface area contributed by atoms with Gasteiger partial charge >= 0.3 is 5.97 Å². The summed E-state index contributed by atoms with van der Waals surface area (Å²) in [5.41, 5.74) is 2.31. The fraction of sp³-hybridized carbons (Fsp3) is 0.125. The molecule has 0 spiro atoms. The van der Waals surface area contributed by atoms with Gasteiger partial charge in [0.2, 0.25) is 15.5 Å². The Morgan fingerprint density at radius 2 is 1.61 bits per heavy atom. The van der Waals surface area contributed by atoms with Crippen LogP contribution in [0.1, 0.15) is 16.9 Å². The van der Waals surface area contributed by atoms with E-state index in [1.54, 1.807) is 43.3 Å². The summed E-state index contributed by atoms with van der Waals surface area (Å²) >= 11 is 0. The minimum atomic E-state index is -4.05. The summed E-state index contributed by atoms with van der Waals surface area (Å²) in [5.74, 6) is -0.863. The average Bonchev–Trinajstić information content (AvgIpc) is 2.94. The predicted octanol–water partition coefficient (Wildman–Crippen LogP) is 5.71. The number of nitrogens with one attached hydrogen (secondary N) is 1. The number of rotatable bonds is 8. The number of benzene rings is 4. The Hall–Kier alpha value is -4.60. The second-order valence-electron chi connectivity index (χ2n) is 9.62. The smallest absolute Gasteiger partial charge is 0.329 e. The van der Waals surface area contributed by atoms with Crippen LogP contribution in [0.4, 0.5) is 4.39 Å². The first-order valence-electron chi connectivity index (χ1n) is 12.8. The molecule has 7 nitrogen and oxygen atoms in total. The van der Waals surface area contributed by atoms with E-state index in [1.165, 1.54) is 54.6 Å². The van der Waals surface area contributed by atoms with Crippen LogP contribution in [0, 0.1) is 19.7 Å². The van der Waals surface area contributed by atoms with Crippen molar-refractivity contribution < 1.29 is 26.8 Å². The number of carbonyl (C=O) groups is 1. The maximum Gasteiger partial charge on any atom is 0.329 e. The van der Waals surface area contributed by atoms with E-state index in [-0.39, 0.29) is 33.5 Å². The van der Waals surface area contributed by atoms with Gasteiger partial charge in [0.05, 0.1) is 15.8 Å². The zero-order valence-electron chi connectivity index (χ0n) is 22.3. The lowest BCUT2D eigenvalue weighted by atomic mass is 10.0. The molecule has 1 atom stereocenters. The zero-order chi connectivity index (χ0) is 29.1. The number of fused-ring (bicyclic) bond motifs is 1. The zero-order valence-corrected chi connectivity index (χ0v) is 23.1. The molecule has 5 aromatic rings. The fourth-order valence-electron chi connectivity index (χ4n) is 4.48. The lowest BCUT2D eigenvalue weighted by Crippen LogP contribution is -2.44. The van der Waals surface area contributed by atoms with Crippen molar-refractivity contribution in [1.82, 2.24) is 4.72 Å². The van der Waals surface area contributed by atoms with E-state index < -0.39 is 27.9 Å². The van der Waals surface area contributed by atoms with E-state index in [4.69, 9.17) is 9.15 Å². The molecule has 9 heteroatoms. The van der Waals surface area contributed by atoms with Crippen molar-refractivity contribution in [2.45, 2.75) is 31.2 Å². The SMILES string of the molecule is Cc1ccc(S(=O)(=O)N[C@@H](Cc2ccccc2)C(=O)Oc2ccc3c(=O)c(-c4ccc(F)cc4)c(C)oc3c2)cc1. The molecular formula is C32H26FNO6S. The maximum absolute atomic E-state index is 13.4. The molecule has 0 bridgehead atoms. The Labute approximate surface area is 236 Å². The minimum absolute atomic E-state index is 0.0221. The van der Waals surface area contributed by atoms with Gasteiger partial charge in [-0.1, -0.05) is 60.2 Å². The number of hydrogen-bond donors (Lipinski definition) is 1. The van der Waals surface area contributed by atoms with Gasteiger partial charge in [0.1, 0.15) is 29.0 Å². The summed E-state index contributed by atoms with van der Waals surface area (Å²) in [7, 11) is -4.05. The van der Waals surface area contributed by atoms with Crippen molar-refractivity contribution in [2.24, 2.45) is 0 Å². The van der Waals surface area contributed by atoms with Gasteiger partial charge in [-0.15, -0.1) is 0 Å². The topological polar surface area (TPSA) is 103 Å². The van der Waals surface area contributed by atoms with Crippen LogP contribution < -0.4 is 14.9 Å². The monoisotopic (exact) mass is 571 g/mol. The first-order chi connectivity index (χ1) is 19.6. The van der Waals surface area contributed by atoms with Gasteiger partial charge in [0.25, 0.3) is 0 Å². The summed E-state index contributed by atoms with van der Waals surface area (Å²) in [6.07, 6.45) is 0.0492. The lowest BCUT2D eigenvalue weighted by molar-refractivity contribution is -0.136. The second kappa shape index (κ2) is 11.5. The minimum Gasteiger partial charge on any atom is -0.460 e. The largest absolute Gasteiger partial charge is 0.460 e. The summed E-state index contributed by atoms with van der Waals surface area (Å²) < 4.78 is 53.6. The molecule has 0 saturated carbocycles. The third-order valence-corrected chi connectivity index (χ3v) is 8.07. The standard InChI is InChI=1S/C32H26FNO6S/c1-20-8-15-26(16-9-20)41(37,38)34-28(18-22-6-4-3-5-7-22)32(36)40-25-14-17-27-29(19-25)39-21(2)30(31(27)35)23-10-12-24(33)13-11-23/h3-17,19,28,34H,18H2,1-2H3/t28-/m0/s1. The van der Waals surface area contributed by atoms with Crippen molar-refractivity contribution >= 4 is 27.0 Å². The lowest BCUT2D eigenvalue weighted by Gasteiger charge is -2.18. The third kappa shape index (κ3) is 6.26. The molecule has 0 radical (unpaired) electrons. The van der Waals surface area contributed by atoms with Crippen molar-refractivity contribution in [3.63, 3.8) is 0 Å². The molecule has 0 saturated heterocycles. The molecule has 1 heterocycles. The maximum atomic E-state index is 13.4. The molecule has 1 aromatic heterocycles. The van der Waals surface area contributed by atoms with Crippen LogP contribution in [-0.2, 0) is 21.2 Å². The van der Waals surface area contributed by atoms with Crippen LogP contribution in [0.3, 0.4) is 0 Å². The summed E-state index contributed by atoms with van der Waals surface area (Å²) in [4.78, 5) is 26.6. The summed E-state index contributed by atoms with van der Waals surface area (Å²) in [5, 5.41) is 0.246. The fourth-order valence-corrected chi connectivity index (χ4v) is 5.67. The Morgan fingerprint density at radius 1 is 0.927 bits per heavy atom. The molecule has 0 amide bonds. The molecule has 0 unspecified atom stereocenters. The van der Waals surface area contributed by atoms with Gasteiger partial charge in [-0.2, -0.15) is 4.72 Å². The van der Waals surface area contributed by atoms with Gasteiger partial charge in [-0.3, -0.25) is 4.79 Å². The van der Waals surface area contributed by atoms with Crippen molar-refractivity contribution in [1.29, 1.82) is 0 Å². The number of ether oxygens (including phenoxy) is 1. The molecule has 208 valence electrons. The number of aryl methyl sites for hydroxylation is 2. The van der Waals surface area contributed by atoms with Gasteiger partial charge in [0, 0.05) is 6.07 Å². The van der Waals surface area contributed by atoms with Crippen LogP contribution in [0.15, 0.2) is 111 Å². The second-order valence-corrected chi connectivity index (χ2v) is 11.3. The van der Waals surface area contributed by atoms with E-state index in [9.17, 15) is 22.4 Å². The first kappa shape index (κ1) is 27.9. The van der Waals surface area contributed by atoms with E-state index in [0.29, 0.717) is 16.9 Å². The van der Waals surface area contributed by atoms with Crippen LogP contribution in [0.5, 0.6) is 5.75 Å². The van der Waals surface area contributed by atoms with Crippen LogP contribution in [0.25, 0.3) is 22.1 Å². The predicted molar refractivity (Wildman–Crippen MR) is 154 cm³/mol. The van der Waals surface area contributed by atoms with E-state index >= 15 is 0 Å². The van der Waals surface area contributed by atoms with Crippen LogP contribution >= 0.6 is 0 Å². The number of halogens is 1. The Kier molecular flexibility index (Phi) is 7.83. The third-order valence-electron chi connectivity index (χ3n) is 6.59. The highest BCUT2D eigenvalue weighted by atomic mass is 32.2. The summed E-state index contributed by atoms with van der Waals surface area (Å²) in [6.45, 7) is 3.46. The molecule has 4 aromatic carbocycles. The average molecular weight is 572 g/mol. The van der Waals surface area contributed by atoms with E-state index in [2.05, 4.69) is 4.72 Å². The highest BCUT2D eigenvalue weighted by Gasteiger charge is 2.28. The molecule has 0 aliphatic carbocycles. The van der Waals surface area contributed by atoms with Crippen LogP contribution in [-0.4, -0.2) is 20.4 Å². The van der Waals surface area contributed by atoms with Crippen molar-refractivity contribution in [2.75, 3.05) is 0 Å². The molecule has 0 fully saturated rings. The highest BCUT2D eigenvalue weighted by molar-refractivity contribution is 7.89. The molecule has 5 rings (SSSR count). The molecule has 41 heavy (non-hydrogen) atoms. The van der Waals surface area contributed by atoms with Gasteiger partial charge in [-0.05, 0) is 67.8 Å². The Bertz CT molecular complexity index is 1880. The molecular weight excluding hydrogens is 545 g/mol. The van der Waals surface area contributed by atoms with Gasteiger partial charge in [-0.25, -0.2) is 17.6 Å². The number of carbonyl (C=O) groups excluding carboxylic acids is 1. The Balaban J connectivity index is 1.44. The number of sulfonamides is 1. The normalized spacial score (nSPS) is 12.3. The molecule has 0 aliphatic rings. The summed E-state index contributed by atoms with van der Waals surface area (Å²) in [6, 6.07) is 23.9. The van der Waals surface area contributed by atoms with Gasteiger partial charge < -0.3 is 9.15 Å². The first-order valence-corrected chi connectivity index (χ1v) is 14.3. The van der Waals surface area contributed by atoms with Gasteiger partial charge in [0.15, 0.2) is 0 Å². The van der Waals surface area contributed by atoms with Crippen LogP contribution in [0.2, 0.25) is 0 Å². The molecule has 1 N–H and O–H groups in total. The number of hydrogen-bond acceptors (Lipinski definition) is 6. The molecule has 0 aliphatic heterocycles. The van der Waals surface area contributed by atoms with E-state index in [1.807, 2.05) is 13.0 Å². The van der Waals surface area contributed by atoms with E-state index in [0.717, 1.165) is 11.1 Å².